The minimum atomic E-state index is -4.52. The Morgan fingerprint density at radius 1 is 0.968 bits per heavy atom. The molecule has 0 atom stereocenters. The Balaban J connectivity index is 1.54. The number of nitrogens with zero attached hydrogens (tertiary/aromatic N) is 3. The van der Waals surface area contributed by atoms with Gasteiger partial charge in [-0.2, -0.15) is 13.2 Å². The molecule has 0 spiro atoms. The molecular weight excluding hydrogens is 403 g/mol. The van der Waals surface area contributed by atoms with Gasteiger partial charge in [0, 0.05) is 29.2 Å². The van der Waals surface area contributed by atoms with E-state index in [1.807, 2.05) is 37.3 Å². The molecule has 1 aromatic carbocycles. The Kier molecular flexibility index (Phi) is 5.56. The van der Waals surface area contributed by atoms with E-state index in [0.717, 1.165) is 47.6 Å². The number of nitrogens with one attached hydrogen (secondary N) is 2. The van der Waals surface area contributed by atoms with Crippen LogP contribution in [0.3, 0.4) is 0 Å². The van der Waals surface area contributed by atoms with Gasteiger partial charge >= 0.3 is 6.18 Å². The molecule has 2 heterocycles. The summed E-state index contributed by atoms with van der Waals surface area (Å²) in [5.74, 6) is 0.741. The van der Waals surface area contributed by atoms with E-state index in [2.05, 4.69) is 32.5 Å². The Labute approximate surface area is 179 Å². The zero-order chi connectivity index (χ0) is 22.1. The van der Waals surface area contributed by atoms with Gasteiger partial charge in [0.2, 0.25) is 5.95 Å². The molecule has 0 amide bonds. The first-order valence-corrected chi connectivity index (χ1v) is 10.2. The van der Waals surface area contributed by atoms with Gasteiger partial charge in [0.05, 0.1) is 0 Å². The van der Waals surface area contributed by atoms with E-state index in [1.165, 1.54) is 12.8 Å². The number of aromatic nitrogens is 3. The zero-order valence-corrected chi connectivity index (χ0v) is 17.4. The Morgan fingerprint density at radius 2 is 1.74 bits per heavy atom. The number of halogens is 3. The predicted molar refractivity (Wildman–Crippen MR) is 115 cm³/mol. The minimum absolute atomic E-state index is 0.0971. The van der Waals surface area contributed by atoms with Crippen LogP contribution in [0, 0.1) is 6.92 Å². The van der Waals surface area contributed by atoms with Gasteiger partial charge in [-0.1, -0.05) is 18.9 Å². The summed E-state index contributed by atoms with van der Waals surface area (Å²) in [5, 5.41) is 6.41. The number of pyridine rings is 1. The van der Waals surface area contributed by atoms with Crippen molar-refractivity contribution in [3.05, 3.63) is 60.0 Å². The molecule has 2 aromatic heterocycles. The fourth-order valence-electron chi connectivity index (χ4n) is 3.96. The van der Waals surface area contributed by atoms with Crippen molar-refractivity contribution in [2.24, 2.45) is 0 Å². The van der Waals surface area contributed by atoms with Crippen molar-refractivity contribution in [1.82, 2.24) is 15.0 Å². The molecule has 1 fully saturated rings. The first-order chi connectivity index (χ1) is 14.7. The molecule has 0 saturated heterocycles. The quantitative estimate of drug-likeness (QED) is 0.496. The minimum Gasteiger partial charge on any atom is -0.365 e. The lowest BCUT2D eigenvalue weighted by Gasteiger charge is -2.26. The summed E-state index contributed by atoms with van der Waals surface area (Å²) in [6.07, 6.45) is 3.12. The molecule has 1 saturated carbocycles. The molecule has 0 bridgehead atoms. The third-order valence-corrected chi connectivity index (χ3v) is 5.51. The highest BCUT2D eigenvalue weighted by Gasteiger charge is 2.32. The zero-order valence-electron chi connectivity index (χ0n) is 17.4. The van der Waals surface area contributed by atoms with Crippen LogP contribution in [0.15, 0.2) is 48.8 Å². The number of hydrogen-bond donors (Lipinski definition) is 2. The van der Waals surface area contributed by atoms with Crippen LogP contribution in [0.2, 0.25) is 0 Å². The molecule has 8 heteroatoms. The molecule has 0 aliphatic heterocycles. The van der Waals surface area contributed by atoms with Crippen molar-refractivity contribution in [1.29, 1.82) is 0 Å². The average Bonchev–Trinajstić information content (AvgIpc) is 3.13. The first kappa shape index (κ1) is 21.1. The fraction of sp³-hybridized carbons (Fsp3) is 0.348. The maximum atomic E-state index is 12.9. The smallest absolute Gasteiger partial charge is 0.365 e. The second-order valence-electron chi connectivity index (χ2n) is 8.30. The number of anilines is 3. The van der Waals surface area contributed by atoms with Crippen LogP contribution in [0.5, 0.6) is 0 Å². The summed E-state index contributed by atoms with van der Waals surface area (Å²) in [5.41, 5.74) is 2.49. The van der Waals surface area contributed by atoms with Gasteiger partial charge in [-0.05, 0) is 68.1 Å². The predicted octanol–water partition coefficient (Wildman–Crippen LogP) is 6.35. The lowest BCUT2D eigenvalue weighted by atomic mass is 10.0. The van der Waals surface area contributed by atoms with Crippen molar-refractivity contribution in [2.45, 2.75) is 51.2 Å². The summed E-state index contributed by atoms with van der Waals surface area (Å²) in [4.78, 5) is 12.0. The van der Waals surface area contributed by atoms with Gasteiger partial charge in [0.25, 0.3) is 0 Å². The lowest BCUT2D eigenvalue weighted by Crippen LogP contribution is -2.31. The summed E-state index contributed by atoms with van der Waals surface area (Å²) in [6, 6.07) is 10.5. The maximum Gasteiger partial charge on any atom is 0.433 e. The van der Waals surface area contributed by atoms with Crippen molar-refractivity contribution >= 4 is 17.5 Å². The van der Waals surface area contributed by atoms with Crippen LogP contribution in [-0.4, -0.2) is 20.5 Å². The van der Waals surface area contributed by atoms with E-state index in [-0.39, 0.29) is 11.5 Å². The van der Waals surface area contributed by atoms with Crippen LogP contribution in [-0.2, 0) is 6.18 Å². The maximum absolute atomic E-state index is 12.9. The van der Waals surface area contributed by atoms with Crippen molar-refractivity contribution < 1.29 is 13.2 Å². The van der Waals surface area contributed by atoms with Gasteiger partial charge in [0.1, 0.15) is 11.5 Å². The molecule has 31 heavy (non-hydrogen) atoms. The number of rotatable bonds is 5. The normalized spacial score (nSPS) is 15.6. The van der Waals surface area contributed by atoms with Gasteiger partial charge in [-0.15, -0.1) is 0 Å². The SMILES string of the molecule is Cc1cc(Nc2nccc(C(F)(F)F)n2)cc(-c2ccc(NC3(C)CCCC3)nc2)c1. The second kappa shape index (κ2) is 8.17. The molecule has 3 aromatic rings. The van der Waals surface area contributed by atoms with Crippen LogP contribution >= 0.6 is 0 Å². The van der Waals surface area contributed by atoms with Crippen molar-refractivity contribution in [3.63, 3.8) is 0 Å². The molecule has 162 valence electrons. The van der Waals surface area contributed by atoms with E-state index in [4.69, 9.17) is 0 Å². The number of hydrogen-bond acceptors (Lipinski definition) is 5. The third-order valence-electron chi connectivity index (χ3n) is 5.51. The van der Waals surface area contributed by atoms with Crippen molar-refractivity contribution in [2.75, 3.05) is 10.6 Å². The summed E-state index contributed by atoms with van der Waals surface area (Å²) < 4.78 is 38.7. The number of aryl methyl sites for hydroxylation is 1. The van der Waals surface area contributed by atoms with Crippen molar-refractivity contribution in [3.8, 4) is 11.1 Å². The molecule has 4 rings (SSSR count). The molecule has 5 nitrogen and oxygen atoms in total. The van der Waals surface area contributed by atoms with E-state index < -0.39 is 11.9 Å². The fourth-order valence-corrected chi connectivity index (χ4v) is 3.96. The van der Waals surface area contributed by atoms with Crippen LogP contribution in [0.25, 0.3) is 11.1 Å². The lowest BCUT2D eigenvalue weighted by molar-refractivity contribution is -0.141. The Bertz CT molecular complexity index is 1060. The van der Waals surface area contributed by atoms with E-state index >= 15 is 0 Å². The molecule has 0 radical (unpaired) electrons. The number of alkyl halides is 3. The van der Waals surface area contributed by atoms with E-state index in [1.54, 1.807) is 6.20 Å². The average molecular weight is 427 g/mol. The van der Waals surface area contributed by atoms with Crippen LogP contribution < -0.4 is 10.6 Å². The second-order valence-corrected chi connectivity index (χ2v) is 8.30. The van der Waals surface area contributed by atoms with Gasteiger partial charge in [-0.25, -0.2) is 15.0 Å². The standard InChI is InChI=1S/C23H24F3N5/c1-15-11-17(16-5-6-20(28-14-16)31-22(2)8-3-4-9-22)13-18(12-15)29-21-27-10-7-19(30-21)23(24,25)26/h5-7,10-14H,3-4,8-9H2,1-2H3,(H,28,31)(H,27,29,30). The van der Waals surface area contributed by atoms with Crippen LogP contribution in [0.4, 0.5) is 30.6 Å². The largest absolute Gasteiger partial charge is 0.433 e. The molecular formula is C23H24F3N5. The highest BCUT2D eigenvalue weighted by molar-refractivity contribution is 5.71. The highest BCUT2D eigenvalue weighted by atomic mass is 19.4. The summed E-state index contributed by atoms with van der Waals surface area (Å²) in [7, 11) is 0. The first-order valence-electron chi connectivity index (χ1n) is 10.2. The molecule has 1 aliphatic rings. The Hall–Kier alpha value is -3.16. The highest BCUT2D eigenvalue weighted by Crippen LogP contribution is 2.33. The van der Waals surface area contributed by atoms with E-state index in [9.17, 15) is 13.2 Å². The topological polar surface area (TPSA) is 62.7 Å². The monoisotopic (exact) mass is 427 g/mol. The van der Waals surface area contributed by atoms with E-state index in [0.29, 0.717) is 5.69 Å². The third kappa shape index (κ3) is 5.13. The van der Waals surface area contributed by atoms with Gasteiger partial charge in [0.15, 0.2) is 0 Å². The number of benzene rings is 1. The summed E-state index contributed by atoms with van der Waals surface area (Å²) in [6.45, 7) is 4.15. The molecule has 0 unspecified atom stereocenters. The Morgan fingerprint density at radius 3 is 2.42 bits per heavy atom. The van der Waals surface area contributed by atoms with Gasteiger partial charge < -0.3 is 10.6 Å². The van der Waals surface area contributed by atoms with Crippen LogP contribution in [0.1, 0.15) is 43.9 Å². The van der Waals surface area contributed by atoms with Gasteiger partial charge in [-0.3, -0.25) is 0 Å². The molecule has 2 N–H and O–H groups in total. The molecule has 1 aliphatic carbocycles. The summed E-state index contributed by atoms with van der Waals surface area (Å²) >= 11 is 0.